The molecule has 0 spiro atoms. The van der Waals surface area contributed by atoms with E-state index in [0.29, 0.717) is 72.6 Å². The van der Waals surface area contributed by atoms with Gasteiger partial charge in [0.15, 0.2) is 0 Å². The number of benzene rings is 8. The molecule has 83 heavy (non-hydrogen) atoms. The van der Waals surface area contributed by atoms with Crippen molar-refractivity contribution in [2.24, 2.45) is 11.8 Å². The van der Waals surface area contributed by atoms with Crippen molar-refractivity contribution in [3.05, 3.63) is 228 Å². The summed E-state index contributed by atoms with van der Waals surface area (Å²) < 4.78 is 79.7. The number of rotatable bonds is 25. The van der Waals surface area contributed by atoms with Crippen molar-refractivity contribution in [3.63, 3.8) is 0 Å². The van der Waals surface area contributed by atoms with Gasteiger partial charge in [-0.1, -0.05) is 114 Å². The van der Waals surface area contributed by atoms with E-state index in [9.17, 15) is 21.6 Å². The molecule has 0 amide bonds. The predicted octanol–water partition coefficient (Wildman–Crippen LogP) is 12.7. The highest BCUT2D eigenvalue weighted by atomic mass is 32.2. The second kappa shape index (κ2) is 25.7. The Balaban J connectivity index is 0.759. The average Bonchev–Trinajstić information content (AvgIpc) is 4.05. The van der Waals surface area contributed by atoms with E-state index in [1.807, 2.05) is 159 Å². The van der Waals surface area contributed by atoms with Crippen LogP contribution in [0.2, 0.25) is 0 Å². The van der Waals surface area contributed by atoms with Crippen molar-refractivity contribution in [1.29, 1.82) is 0 Å². The summed E-state index contributed by atoms with van der Waals surface area (Å²) in [6.07, 6.45) is 3.78. The Kier molecular flexibility index (Phi) is 17.9. The Morgan fingerprint density at radius 3 is 1.57 bits per heavy atom. The Hall–Kier alpha value is -8.51. The predicted molar refractivity (Wildman–Crippen MR) is 326 cm³/mol. The van der Waals surface area contributed by atoms with Gasteiger partial charge in [-0.25, -0.2) is 21.6 Å². The third kappa shape index (κ3) is 15.7. The normalized spacial score (nSPS) is 15.9. The van der Waals surface area contributed by atoms with Crippen LogP contribution in [0.15, 0.2) is 194 Å². The number of hydrogen-bond donors (Lipinski definition) is 1. The van der Waals surface area contributed by atoms with Crippen LogP contribution in [-0.2, 0) is 55.9 Å². The fraction of sp³-hybridized carbons (Fsp3) is 0.258. The maximum atomic E-state index is 13.8. The van der Waals surface area contributed by atoms with Gasteiger partial charge in [0.2, 0.25) is 10.0 Å². The number of likely N-dealkylation sites (tertiary alicyclic amines) is 1. The molecule has 3 unspecified atom stereocenters. The molecule has 8 aromatic rings. The number of nitrogens with one attached hydrogen (secondary N) is 1. The van der Waals surface area contributed by atoms with Gasteiger partial charge in [-0.15, -0.1) is 0 Å². The number of nitrogens with zero attached hydrogens (tertiary/aromatic N) is 4. The summed E-state index contributed by atoms with van der Waals surface area (Å²) >= 11 is 0. The zero-order valence-electron chi connectivity index (χ0n) is 47.3. The lowest BCUT2D eigenvalue weighted by Crippen LogP contribution is -2.34. The number of likely N-dealkylation sites (N-methyl/N-ethyl adjacent to an activating group) is 1. The molecule has 1 aliphatic heterocycles. The number of carbonyl (C=O) groups is 1. The average molecular weight is 1160 g/mol. The van der Waals surface area contributed by atoms with Gasteiger partial charge in [-0.2, -0.15) is 0 Å². The molecule has 2 fully saturated rings. The maximum absolute atomic E-state index is 13.8. The van der Waals surface area contributed by atoms with Crippen LogP contribution < -0.4 is 37.9 Å². The molecule has 1 saturated carbocycles. The first kappa shape index (κ1) is 57.7. The van der Waals surface area contributed by atoms with Crippen LogP contribution in [-0.4, -0.2) is 73.1 Å². The highest BCUT2D eigenvalue weighted by Crippen LogP contribution is 2.42. The van der Waals surface area contributed by atoms with E-state index in [-0.39, 0.29) is 24.3 Å². The summed E-state index contributed by atoms with van der Waals surface area (Å²) in [4.78, 5) is 26.3. The molecule has 10 rings (SSSR count). The lowest BCUT2D eigenvalue weighted by molar-refractivity contribution is -0.145. The quantitative estimate of drug-likeness (QED) is 0.0540. The standard InChI is InChI=1S/C66H69N5O10S2/c1-47-62(67-82(4,73)74)24-14-25-63(47)69(41-49-16-8-6-9-17-49)43-51-28-32-54(33-29-51)78-57-21-12-20-56(39-57)77-46-53-38-61(53)66(72)81-71(83(5,75)76)65-27-15-26-64(48(65)2)70(42-50-18-10-7-11-19-50)44-52-30-34-55(35-31-52)79-58-22-13-23-59(40-58)80-60-36-37-68(3)45-60/h6-35,39-40,53,60-61,67H,36-38,41-46H2,1-5H3. The molecule has 0 bridgehead atoms. The minimum Gasteiger partial charge on any atom is -0.493 e. The fourth-order valence-electron chi connectivity index (χ4n) is 10.3. The van der Waals surface area contributed by atoms with E-state index in [2.05, 4.69) is 50.7 Å². The molecule has 430 valence electrons. The van der Waals surface area contributed by atoms with E-state index in [0.717, 1.165) is 81.4 Å². The molecule has 3 atom stereocenters. The van der Waals surface area contributed by atoms with Crippen LogP contribution in [0.1, 0.15) is 46.2 Å². The van der Waals surface area contributed by atoms with Crippen molar-refractivity contribution in [2.75, 3.05) is 58.2 Å². The highest BCUT2D eigenvalue weighted by Gasteiger charge is 2.46. The first-order valence-electron chi connectivity index (χ1n) is 27.6. The van der Waals surface area contributed by atoms with Gasteiger partial charge in [-0.05, 0) is 134 Å². The van der Waals surface area contributed by atoms with Gasteiger partial charge in [0.05, 0.1) is 36.4 Å². The zero-order chi connectivity index (χ0) is 58.1. The van der Waals surface area contributed by atoms with Crippen LogP contribution in [0.25, 0.3) is 0 Å². The van der Waals surface area contributed by atoms with Crippen molar-refractivity contribution >= 4 is 48.8 Å². The van der Waals surface area contributed by atoms with Crippen LogP contribution in [0.5, 0.6) is 34.5 Å². The lowest BCUT2D eigenvalue weighted by Gasteiger charge is -2.30. The minimum atomic E-state index is -4.10. The van der Waals surface area contributed by atoms with Gasteiger partial charge < -0.3 is 38.5 Å². The maximum Gasteiger partial charge on any atom is 0.337 e. The molecule has 1 aliphatic carbocycles. The van der Waals surface area contributed by atoms with Crippen LogP contribution in [0.4, 0.5) is 22.7 Å². The number of ether oxygens (including phenoxy) is 4. The van der Waals surface area contributed by atoms with Crippen molar-refractivity contribution < 1.29 is 45.4 Å². The lowest BCUT2D eigenvalue weighted by atomic mass is 10.1. The first-order chi connectivity index (χ1) is 40.0. The summed E-state index contributed by atoms with van der Waals surface area (Å²) in [6.45, 7) is 8.01. The summed E-state index contributed by atoms with van der Waals surface area (Å²) in [6, 6.07) is 61.8. The third-order valence-corrected chi connectivity index (χ3v) is 16.1. The Morgan fingerprint density at radius 1 is 0.554 bits per heavy atom. The molecule has 8 aromatic carbocycles. The van der Waals surface area contributed by atoms with Crippen molar-refractivity contribution in [2.45, 2.75) is 59.0 Å². The van der Waals surface area contributed by atoms with E-state index in [1.165, 1.54) is 0 Å². The largest absolute Gasteiger partial charge is 0.493 e. The van der Waals surface area contributed by atoms with Crippen LogP contribution in [0, 0.1) is 25.7 Å². The summed E-state index contributed by atoms with van der Waals surface area (Å²) in [5.74, 6) is 2.43. The second-order valence-electron chi connectivity index (χ2n) is 21.5. The summed E-state index contributed by atoms with van der Waals surface area (Å²) in [7, 11) is -5.48. The van der Waals surface area contributed by atoms with Gasteiger partial charge in [-0.3, -0.25) is 4.72 Å². The Bertz CT molecular complexity index is 3740. The zero-order valence-corrected chi connectivity index (χ0v) is 48.9. The van der Waals surface area contributed by atoms with Crippen molar-refractivity contribution in [3.8, 4) is 34.5 Å². The Labute approximate surface area is 487 Å². The smallest absolute Gasteiger partial charge is 0.337 e. The number of anilines is 4. The summed E-state index contributed by atoms with van der Waals surface area (Å²) in [5.41, 5.74) is 8.07. The van der Waals surface area contributed by atoms with Gasteiger partial charge in [0.25, 0.3) is 10.0 Å². The number of carbonyl (C=O) groups excluding carboxylic acids is 1. The van der Waals surface area contributed by atoms with Gasteiger partial charge in [0.1, 0.15) is 40.6 Å². The molecule has 1 N–H and O–H groups in total. The van der Waals surface area contributed by atoms with Crippen LogP contribution >= 0.6 is 0 Å². The van der Waals surface area contributed by atoms with E-state index < -0.39 is 31.9 Å². The van der Waals surface area contributed by atoms with Gasteiger partial charge >= 0.3 is 5.97 Å². The molecular formula is C66H69N5O10S2. The molecule has 17 heteroatoms. The van der Waals surface area contributed by atoms with E-state index in [1.54, 1.807) is 24.3 Å². The number of hydrogen-bond acceptors (Lipinski definition) is 13. The molecule has 0 aromatic heterocycles. The monoisotopic (exact) mass is 1160 g/mol. The van der Waals surface area contributed by atoms with Gasteiger partial charge in [0, 0.05) is 74.3 Å². The SMILES string of the molecule is Cc1c(NS(C)(=O)=O)cccc1N(Cc1ccccc1)Cc1ccc(Oc2cccc(OCC3CC3C(=O)ON(c3cccc(N(Cc4ccccc4)Cc4ccc(Oc5cccc(OC6CCN(C)C6)c5)cc4)c3C)S(C)(=O)=O)c2)cc1. The molecule has 15 nitrogen and oxygen atoms in total. The molecule has 1 saturated heterocycles. The van der Waals surface area contributed by atoms with E-state index >= 15 is 0 Å². The van der Waals surface area contributed by atoms with E-state index in [4.69, 9.17) is 23.8 Å². The van der Waals surface area contributed by atoms with Crippen LogP contribution in [0.3, 0.4) is 0 Å². The second-order valence-corrected chi connectivity index (χ2v) is 25.0. The molecular weight excluding hydrogens is 1090 g/mol. The minimum absolute atomic E-state index is 0.152. The molecule has 1 heterocycles. The third-order valence-electron chi connectivity index (χ3n) is 14.7. The van der Waals surface area contributed by atoms with Crippen molar-refractivity contribution in [1.82, 2.24) is 4.90 Å². The Morgan fingerprint density at radius 2 is 1.04 bits per heavy atom. The highest BCUT2D eigenvalue weighted by molar-refractivity contribution is 7.92. The fourth-order valence-corrected chi connectivity index (χ4v) is 11.7. The molecule has 2 aliphatic rings. The molecule has 0 radical (unpaired) electrons. The summed E-state index contributed by atoms with van der Waals surface area (Å²) in [5, 5.41) is 0. The number of sulfonamides is 2. The first-order valence-corrected chi connectivity index (χ1v) is 31.4. The topological polar surface area (TPSA) is 156 Å².